The first-order valence-corrected chi connectivity index (χ1v) is 5.06. The Morgan fingerprint density at radius 1 is 1.38 bits per heavy atom. The van der Waals surface area contributed by atoms with Crippen molar-refractivity contribution in [2.75, 3.05) is 13.1 Å². The van der Waals surface area contributed by atoms with E-state index in [2.05, 4.69) is 10.2 Å². The molecule has 0 aromatic heterocycles. The molecule has 2 amide bonds. The first kappa shape index (κ1) is 8.81. The predicted molar refractivity (Wildman–Crippen MR) is 50.3 cm³/mol. The second-order valence-electron chi connectivity index (χ2n) is 4.06. The molecule has 2 atom stereocenters. The van der Waals surface area contributed by atoms with Gasteiger partial charge in [-0.15, -0.1) is 0 Å². The SMILES string of the molecule is NC(=O)NC1CCN2CCCC2C1. The number of nitrogens with two attached hydrogens (primary N) is 1. The number of piperidine rings is 1. The van der Waals surface area contributed by atoms with Crippen LogP contribution in [0.25, 0.3) is 0 Å². The molecule has 2 heterocycles. The van der Waals surface area contributed by atoms with Crippen molar-refractivity contribution in [3.05, 3.63) is 0 Å². The zero-order chi connectivity index (χ0) is 9.26. The van der Waals surface area contributed by atoms with Crippen LogP contribution >= 0.6 is 0 Å². The normalized spacial score (nSPS) is 34.2. The van der Waals surface area contributed by atoms with Crippen LogP contribution in [0.3, 0.4) is 0 Å². The van der Waals surface area contributed by atoms with Crippen LogP contribution in [-0.4, -0.2) is 36.1 Å². The van der Waals surface area contributed by atoms with E-state index in [0.717, 1.165) is 19.4 Å². The highest BCUT2D eigenvalue weighted by Gasteiger charge is 2.31. The summed E-state index contributed by atoms with van der Waals surface area (Å²) in [6.07, 6.45) is 4.74. The Bertz CT molecular complexity index is 207. The molecule has 2 rings (SSSR count). The lowest BCUT2D eigenvalue weighted by molar-refractivity contribution is 0.168. The molecule has 2 aliphatic rings. The zero-order valence-corrected chi connectivity index (χ0v) is 7.83. The lowest BCUT2D eigenvalue weighted by Gasteiger charge is -2.34. The zero-order valence-electron chi connectivity index (χ0n) is 7.83. The summed E-state index contributed by atoms with van der Waals surface area (Å²) in [7, 11) is 0. The summed E-state index contributed by atoms with van der Waals surface area (Å²) in [5, 5.41) is 2.81. The van der Waals surface area contributed by atoms with E-state index < -0.39 is 0 Å². The smallest absolute Gasteiger partial charge is 0.312 e. The molecular formula is C9H17N3O. The largest absolute Gasteiger partial charge is 0.352 e. The maximum absolute atomic E-state index is 10.7. The molecule has 4 nitrogen and oxygen atoms in total. The fourth-order valence-corrected chi connectivity index (χ4v) is 2.56. The summed E-state index contributed by atoms with van der Waals surface area (Å²) < 4.78 is 0. The van der Waals surface area contributed by atoms with Crippen molar-refractivity contribution in [1.29, 1.82) is 0 Å². The van der Waals surface area contributed by atoms with Crippen molar-refractivity contribution in [2.24, 2.45) is 5.73 Å². The van der Waals surface area contributed by atoms with Gasteiger partial charge < -0.3 is 16.0 Å². The van der Waals surface area contributed by atoms with Crippen molar-refractivity contribution in [2.45, 2.75) is 37.8 Å². The van der Waals surface area contributed by atoms with Gasteiger partial charge in [0.25, 0.3) is 0 Å². The monoisotopic (exact) mass is 183 g/mol. The number of hydrogen-bond donors (Lipinski definition) is 2. The molecule has 3 N–H and O–H groups in total. The molecule has 4 heteroatoms. The average Bonchev–Trinajstić information content (AvgIpc) is 2.49. The molecule has 0 bridgehead atoms. The van der Waals surface area contributed by atoms with Gasteiger partial charge in [0.1, 0.15) is 0 Å². The predicted octanol–water partition coefficient (Wildman–Crippen LogP) is 0.281. The third-order valence-corrected chi connectivity index (χ3v) is 3.17. The molecule has 0 aliphatic carbocycles. The maximum Gasteiger partial charge on any atom is 0.312 e. The molecule has 0 spiro atoms. The fourth-order valence-electron chi connectivity index (χ4n) is 2.56. The van der Waals surface area contributed by atoms with Gasteiger partial charge in [-0.25, -0.2) is 4.79 Å². The van der Waals surface area contributed by atoms with Gasteiger partial charge in [0, 0.05) is 18.6 Å². The standard InChI is InChI=1S/C9H17N3O/c10-9(13)11-7-3-5-12-4-1-2-8(12)6-7/h7-8H,1-6H2,(H3,10,11,13). The molecule has 0 aromatic rings. The van der Waals surface area contributed by atoms with Crippen molar-refractivity contribution in [3.8, 4) is 0 Å². The van der Waals surface area contributed by atoms with Gasteiger partial charge in [-0.3, -0.25) is 0 Å². The maximum atomic E-state index is 10.7. The Morgan fingerprint density at radius 3 is 3.00 bits per heavy atom. The van der Waals surface area contributed by atoms with Crippen molar-refractivity contribution < 1.29 is 4.79 Å². The minimum Gasteiger partial charge on any atom is -0.352 e. The number of carbonyl (C=O) groups is 1. The van der Waals surface area contributed by atoms with Crippen molar-refractivity contribution >= 4 is 6.03 Å². The number of amides is 2. The van der Waals surface area contributed by atoms with Crippen LogP contribution in [0, 0.1) is 0 Å². The molecule has 0 aromatic carbocycles. The fraction of sp³-hybridized carbons (Fsp3) is 0.889. The van der Waals surface area contributed by atoms with Gasteiger partial charge in [-0.2, -0.15) is 0 Å². The summed E-state index contributed by atoms with van der Waals surface area (Å²) in [5.41, 5.74) is 5.10. The highest BCUT2D eigenvalue weighted by molar-refractivity contribution is 5.71. The van der Waals surface area contributed by atoms with Crippen LogP contribution < -0.4 is 11.1 Å². The van der Waals surface area contributed by atoms with Gasteiger partial charge in [0.05, 0.1) is 0 Å². The van der Waals surface area contributed by atoms with E-state index in [-0.39, 0.29) is 6.03 Å². The molecular weight excluding hydrogens is 166 g/mol. The molecule has 2 saturated heterocycles. The van der Waals surface area contributed by atoms with Gasteiger partial charge >= 0.3 is 6.03 Å². The first-order valence-electron chi connectivity index (χ1n) is 5.06. The van der Waals surface area contributed by atoms with Gasteiger partial charge in [-0.1, -0.05) is 0 Å². The molecule has 0 saturated carbocycles. The molecule has 0 radical (unpaired) electrons. The quantitative estimate of drug-likeness (QED) is 0.613. The van der Waals surface area contributed by atoms with E-state index >= 15 is 0 Å². The number of primary amides is 1. The third kappa shape index (κ3) is 1.94. The van der Waals surface area contributed by atoms with Crippen LogP contribution in [0.4, 0.5) is 4.79 Å². The van der Waals surface area contributed by atoms with Crippen LogP contribution in [-0.2, 0) is 0 Å². The average molecular weight is 183 g/mol. The van der Waals surface area contributed by atoms with Crippen LogP contribution in [0.5, 0.6) is 0 Å². The lowest BCUT2D eigenvalue weighted by Crippen LogP contribution is -2.48. The van der Waals surface area contributed by atoms with E-state index in [0.29, 0.717) is 12.1 Å². The van der Waals surface area contributed by atoms with E-state index in [1.165, 1.54) is 19.4 Å². The van der Waals surface area contributed by atoms with Crippen LogP contribution in [0.15, 0.2) is 0 Å². The van der Waals surface area contributed by atoms with Crippen LogP contribution in [0.2, 0.25) is 0 Å². The molecule has 2 aliphatic heterocycles. The number of nitrogens with one attached hydrogen (secondary N) is 1. The Labute approximate surface area is 78.5 Å². The minimum atomic E-state index is -0.378. The van der Waals surface area contributed by atoms with E-state index in [4.69, 9.17) is 5.73 Å². The van der Waals surface area contributed by atoms with Gasteiger partial charge in [0.2, 0.25) is 0 Å². The number of nitrogens with zero attached hydrogens (tertiary/aromatic N) is 1. The molecule has 13 heavy (non-hydrogen) atoms. The van der Waals surface area contributed by atoms with Gasteiger partial charge in [0.15, 0.2) is 0 Å². The molecule has 74 valence electrons. The van der Waals surface area contributed by atoms with E-state index in [1.807, 2.05) is 0 Å². The van der Waals surface area contributed by atoms with Gasteiger partial charge in [-0.05, 0) is 32.2 Å². The minimum absolute atomic E-state index is 0.317. The number of rotatable bonds is 1. The van der Waals surface area contributed by atoms with Crippen molar-refractivity contribution in [3.63, 3.8) is 0 Å². The second-order valence-corrected chi connectivity index (χ2v) is 4.06. The Morgan fingerprint density at radius 2 is 2.23 bits per heavy atom. The number of fused-ring (bicyclic) bond motifs is 1. The number of urea groups is 1. The topological polar surface area (TPSA) is 58.4 Å². The van der Waals surface area contributed by atoms with Crippen molar-refractivity contribution in [1.82, 2.24) is 10.2 Å². The Balaban J connectivity index is 1.86. The Hall–Kier alpha value is -0.770. The summed E-state index contributed by atoms with van der Waals surface area (Å²) in [6.45, 7) is 2.36. The first-order chi connectivity index (χ1) is 6.25. The Kier molecular flexibility index (Phi) is 2.40. The number of hydrogen-bond acceptors (Lipinski definition) is 2. The summed E-state index contributed by atoms with van der Waals surface area (Å²) in [5.74, 6) is 0. The highest BCUT2D eigenvalue weighted by atomic mass is 16.2. The second kappa shape index (κ2) is 3.54. The molecule has 2 unspecified atom stereocenters. The molecule has 2 fully saturated rings. The number of carbonyl (C=O) groups excluding carboxylic acids is 1. The summed E-state index contributed by atoms with van der Waals surface area (Å²) >= 11 is 0. The van der Waals surface area contributed by atoms with E-state index in [1.54, 1.807) is 0 Å². The highest BCUT2D eigenvalue weighted by Crippen LogP contribution is 2.26. The van der Waals surface area contributed by atoms with E-state index in [9.17, 15) is 4.79 Å². The third-order valence-electron chi connectivity index (χ3n) is 3.17. The van der Waals surface area contributed by atoms with Crippen LogP contribution in [0.1, 0.15) is 25.7 Å². The lowest BCUT2D eigenvalue weighted by atomic mass is 9.98. The summed E-state index contributed by atoms with van der Waals surface area (Å²) in [4.78, 5) is 13.2. The summed E-state index contributed by atoms with van der Waals surface area (Å²) in [6, 6.07) is 0.638.